The van der Waals surface area contributed by atoms with Crippen molar-refractivity contribution in [1.29, 1.82) is 0 Å². The molecule has 1 unspecified atom stereocenters. The van der Waals surface area contributed by atoms with E-state index in [2.05, 4.69) is 9.88 Å². The van der Waals surface area contributed by atoms with Crippen LogP contribution in [0.3, 0.4) is 0 Å². The van der Waals surface area contributed by atoms with Crippen molar-refractivity contribution in [1.82, 2.24) is 14.9 Å². The predicted octanol–water partition coefficient (Wildman–Crippen LogP) is 2.97. The smallest absolute Gasteiger partial charge is 0.0889 e. The molecule has 2 heterocycles. The molecule has 0 bridgehead atoms. The van der Waals surface area contributed by atoms with Crippen LogP contribution in [0.5, 0.6) is 0 Å². The summed E-state index contributed by atoms with van der Waals surface area (Å²) in [7, 11) is 0. The van der Waals surface area contributed by atoms with Crippen LogP contribution in [0.1, 0.15) is 24.5 Å². The number of aromatic nitrogens is 2. The molecule has 0 aliphatic carbocycles. The van der Waals surface area contributed by atoms with Crippen molar-refractivity contribution in [2.24, 2.45) is 0 Å². The van der Waals surface area contributed by atoms with Gasteiger partial charge in [0.1, 0.15) is 0 Å². The number of β-amino-alcohol motifs (C(OH)–C–C–N with tert-alkyl or cyclic N) is 1. The second kappa shape index (κ2) is 7.18. The zero-order valence-corrected chi connectivity index (χ0v) is 13.2. The molecule has 1 N–H and O–H groups in total. The van der Waals surface area contributed by atoms with Crippen molar-refractivity contribution >= 4 is 11.6 Å². The monoisotopic (exact) mass is 317 g/mol. The normalized spacial score (nSPS) is 19.3. The first kappa shape index (κ1) is 15.4. The lowest BCUT2D eigenvalue weighted by atomic mass is 9.95. The average Bonchev–Trinajstić information content (AvgIpc) is 2.56. The number of aliphatic hydroxyl groups is 1. The molecule has 1 saturated heterocycles. The summed E-state index contributed by atoms with van der Waals surface area (Å²) in [6, 6.07) is 7.69. The first-order valence-electron chi connectivity index (χ1n) is 7.67. The number of rotatable bonds is 4. The quantitative estimate of drug-likeness (QED) is 0.942. The Bertz CT molecular complexity index is 633. The van der Waals surface area contributed by atoms with Crippen molar-refractivity contribution in [3.05, 3.63) is 47.4 Å². The van der Waals surface area contributed by atoms with Crippen LogP contribution < -0.4 is 0 Å². The molecular weight excluding hydrogens is 298 g/mol. The van der Waals surface area contributed by atoms with Gasteiger partial charge in [-0.25, -0.2) is 4.98 Å². The van der Waals surface area contributed by atoms with Crippen LogP contribution in [-0.4, -0.2) is 46.2 Å². The minimum atomic E-state index is 0.209. The molecule has 1 fully saturated rings. The summed E-state index contributed by atoms with van der Waals surface area (Å²) in [5.41, 5.74) is 2.88. The number of hydrogen-bond acceptors (Lipinski definition) is 4. The van der Waals surface area contributed by atoms with Crippen LogP contribution in [0.4, 0.5) is 0 Å². The van der Waals surface area contributed by atoms with E-state index in [0.717, 1.165) is 49.4 Å². The lowest BCUT2D eigenvalue weighted by molar-refractivity contribution is 0.160. The minimum absolute atomic E-state index is 0.209. The Kier molecular flexibility index (Phi) is 5.03. The lowest BCUT2D eigenvalue weighted by Gasteiger charge is -2.31. The fraction of sp³-hybridized carbons (Fsp3) is 0.412. The molecule has 1 aromatic heterocycles. The van der Waals surface area contributed by atoms with Crippen molar-refractivity contribution in [3.8, 4) is 11.3 Å². The second-order valence-corrected chi connectivity index (χ2v) is 6.14. The maximum absolute atomic E-state index is 9.11. The molecule has 0 radical (unpaired) electrons. The van der Waals surface area contributed by atoms with E-state index < -0.39 is 0 Å². The Labute approximate surface area is 135 Å². The summed E-state index contributed by atoms with van der Waals surface area (Å²) in [4.78, 5) is 11.4. The van der Waals surface area contributed by atoms with Crippen LogP contribution in [0, 0.1) is 0 Å². The van der Waals surface area contributed by atoms with Gasteiger partial charge in [-0.15, -0.1) is 0 Å². The second-order valence-electron chi connectivity index (χ2n) is 5.70. The molecular formula is C17H20ClN3O. The SMILES string of the molecule is OCCN1CCCC(c2cncc(-c3cccc(Cl)c3)n2)C1. The first-order chi connectivity index (χ1) is 10.8. The molecule has 3 rings (SSSR count). The summed E-state index contributed by atoms with van der Waals surface area (Å²) in [5.74, 6) is 0.381. The summed E-state index contributed by atoms with van der Waals surface area (Å²) < 4.78 is 0. The van der Waals surface area contributed by atoms with E-state index >= 15 is 0 Å². The largest absolute Gasteiger partial charge is 0.395 e. The third kappa shape index (κ3) is 3.64. The number of hydrogen-bond donors (Lipinski definition) is 1. The molecule has 2 aromatic rings. The Balaban J connectivity index is 1.82. The van der Waals surface area contributed by atoms with Crippen LogP contribution >= 0.6 is 11.6 Å². The van der Waals surface area contributed by atoms with Crippen LogP contribution in [0.2, 0.25) is 5.02 Å². The minimum Gasteiger partial charge on any atom is -0.395 e. The van der Waals surface area contributed by atoms with Gasteiger partial charge in [0.25, 0.3) is 0 Å². The lowest BCUT2D eigenvalue weighted by Crippen LogP contribution is -2.36. The molecule has 4 nitrogen and oxygen atoms in total. The third-order valence-corrected chi connectivity index (χ3v) is 4.35. The van der Waals surface area contributed by atoms with Crippen molar-refractivity contribution in [3.63, 3.8) is 0 Å². The van der Waals surface area contributed by atoms with E-state index in [4.69, 9.17) is 21.7 Å². The van der Waals surface area contributed by atoms with Gasteiger partial charge in [-0.05, 0) is 31.5 Å². The van der Waals surface area contributed by atoms with E-state index in [1.165, 1.54) is 0 Å². The molecule has 0 spiro atoms. The Morgan fingerprint density at radius 3 is 3.05 bits per heavy atom. The van der Waals surface area contributed by atoms with Gasteiger partial charge >= 0.3 is 0 Å². The Morgan fingerprint density at radius 2 is 2.23 bits per heavy atom. The summed E-state index contributed by atoms with van der Waals surface area (Å²) in [6.45, 7) is 2.94. The Morgan fingerprint density at radius 1 is 1.32 bits per heavy atom. The van der Waals surface area contributed by atoms with Gasteiger partial charge in [-0.1, -0.05) is 23.7 Å². The van der Waals surface area contributed by atoms with Gasteiger partial charge < -0.3 is 10.0 Å². The highest BCUT2D eigenvalue weighted by molar-refractivity contribution is 6.30. The highest BCUT2D eigenvalue weighted by Crippen LogP contribution is 2.27. The van der Waals surface area contributed by atoms with Gasteiger partial charge in [0, 0.05) is 35.8 Å². The zero-order valence-electron chi connectivity index (χ0n) is 12.5. The van der Waals surface area contributed by atoms with Gasteiger partial charge in [-0.3, -0.25) is 4.98 Å². The maximum atomic E-state index is 9.11. The van der Waals surface area contributed by atoms with E-state index in [9.17, 15) is 0 Å². The number of likely N-dealkylation sites (tertiary alicyclic amines) is 1. The standard InChI is InChI=1S/C17H20ClN3O/c18-15-5-1-3-13(9-15)16-10-19-11-17(20-16)14-4-2-6-21(12-14)7-8-22/h1,3,5,9-11,14,22H,2,4,6-8,12H2. The van der Waals surface area contributed by atoms with Crippen molar-refractivity contribution < 1.29 is 5.11 Å². The Hall–Kier alpha value is -1.49. The van der Waals surface area contributed by atoms with E-state index in [0.29, 0.717) is 10.9 Å². The molecule has 1 atom stereocenters. The molecule has 0 amide bonds. The van der Waals surface area contributed by atoms with Gasteiger partial charge in [0.2, 0.25) is 0 Å². The highest BCUT2D eigenvalue weighted by atomic mass is 35.5. The summed E-state index contributed by atoms with van der Waals surface area (Å²) >= 11 is 6.06. The molecule has 1 aliphatic rings. The zero-order chi connectivity index (χ0) is 15.4. The number of benzene rings is 1. The molecule has 5 heteroatoms. The number of halogens is 1. The van der Waals surface area contributed by atoms with E-state index in [-0.39, 0.29) is 6.61 Å². The van der Waals surface area contributed by atoms with Crippen LogP contribution in [-0.2, 0) is 0 Å². The topological polar surface area (TPSA) is 49.2 Å². The average molecular weight is 318 g/mol. The number of piperidine rings is 1. The highest BCUT2D eigenvalue weighted by Gasteiger charge is 2.22. The fourth-order valence-corrected chi connectivity index (χ4v) is 3.20. The summed E-state index contributed by atoms with van der Waals surface area (Å²) in [6.07, 6.45) is 5.90. The number of nitrogens with zero attached hydrogens (tertiary/aromatic N) is 3. The van der Waals surface area contributed by atoms with Crippen molar-refractivity contribution in [2.45, 2.75) is 18.8 Å². The van der Waals surface area contributed by atoms with Gasteiger partial charge in [-0.2, -0.15) is 0 Å². The molecule has 0 saturated carbocycles. The van der Waals surface area contributed by atoms with Gasteiger partial charge in [0.15, 0.2) is 0 Å². The predicted molar refractivity (Wildman–Crippen MR) is 88.0 cm³/mol. The van der Waals surface area contributed by atoms with Crippen LogP contribution in [0.25, 0.3) is 11.3 Å². The first-order valence-corrected chi connectivity index (χ1v) is 8.05. The number of aliphatic hydroxyl groups excluding tert-OH is 1. The van der Waals surface area contributed by atoms with E-state index in [1.807, 2.05) is 30.5 Å². The van der Waals surface area contributed by atoms with E-state index in [1.54, 1.807) is 6.20 Å². The molecule has 22 heavy (non-hydrogen) atoms. The summed E-state index contributed by atoms with van der Waals surface area (Å²) in [5, 5.41) is 9.82. The van der Waals surface area contributed by atoms with Gasteiger partial charge in [0.05, 0.1) is 24.2 Å². The molecule has 116 valence electrons. The third-order valence-electron chi connectivity index (χ3n) is 4.11. The molecule has 1 aromatic carbocycles. The maximum Gasteiger partial charge on any atom is 0.0889 e. The molecule has 1 aliphatic heterocycles. The fourth-order valence-electron chi connectivity index (χ4n) is 3.01. The van der Waals surface area contributed by atoms with Crippen LogP contribution in [0.15, 0.2) is 36.7 Å². The van der Waals surface area contributed by atoms with Crippen molar-refractivity contribution in [2.75, 3.05) is 26.2 Å².